The zero-order valence-corrected chi connectivity index (χ0v) is 12.5. The van der Waals surface area contributed by atoms with Gasteiger partial charge in [0.1, 0.15) is 0 Å². The van der Waals surface area contributed by atoms with Crippen molar-refractivity contribution >= 4 is 10.9 Å². The second-order valence-electron chi connectivity index (χ2n) is 5.87. The zero-order chi connectivity index (χ0) is 14.1. The number of nitrogens with two attached hydrogens (primary N) is 1. The monoisotopic (exact) mass is 272 g/mol. The molecule has 2 heterocycles. The number of hydrogen-bond donors (Lipinski definition) is 1. The molecule has 0 aliphatic carbocycles. The van der Waals surface area contributed by atoms with Crippen LogP contribution in [-0.2, 0) is 20.1 Å². The Labute approximate surface area is 120 Å². The summed E-state index contributed by atoms with van der Waals surface area (Å²) in [6.07, 6.45) is 0. The van der Waals surface area contributed by atoms with Crippen molar-refractivity contribution in [2.45, 2.75) is 13.1 Å². The molecule has 1 aliphatic heterocycles. The Bertz CT molecular complexity index is 594. The van der Waals surface area contributed by atoms with Crippen LogP contribution in [0.4, 0.5) is 0 Å². The lowest BCUT2D eigenvalue weighted by atomic mass is 10.1. The Morgan fingerprint density at radius 1 is 1.05 bits per heavy atom. The first-order chi connectivity index (χ1) is 9.67. The molecule has 4 nitrogen and oxygen atoms in total. The summed E-state index contributed by atoms with van der Waals surface area (Å²) < 4.78 is 2.31. The van der Waals surface area contributed by atoms with Gasteiger partial charge in [0.15, 0.2) is 0 Å². The molecule has 2 aromatic rings. The van der Waals surface area contributed by atoms with Crippen LogP contribution in [0.3, 0.4) is 0 Å². The Morgan fingerprint density at radius 2 is 1.80 bits per heavy atom. The summed E-state index contributed by atoms with van der Waals surface area (Å²) in [6.45, 7) is 6.30. The second kappa shape index (κ2) is 5.56. The highest BCUT2D eigenvalue weighted by atomic mass is 15.2. The average molecular weight is 272 g/mol. The molecular formula is C16H24N4. The number of nitrogens with zero attached hydrogens (tertiary/aromatic N) is 3. The van der Waals surface area contributed by atoms with Gasteiger partial charge in [-0.2, -0.15) is 0 Å². The van der Waals surface area contributed by atoms with Crippen LogP contribution in [0, 0.1) is 0 Å². The largest absolute Gasteiger partial charge is 0.346 e. The van der Waals surface area contributed by atoms with Gasteiger partial charge in [0.25, 0.3) is 0 Å². The molecule has 1 fully saturated rings. The number of likely N-dealkylation sites (N-methyl/N-ethyl adjacent to an activating group) is 1. The van der Waals surface area contributed by atoms with Gasteiger partial charge in [-0.15, -0.1) is 0 Å². The molecule has 1 saturated heterocycles. The fraction of sp³-hybridized carbons (Fsp3) is 0.500. The van der Waals surface area contributed by atoms with Gasteiger partial charge in [0, 0.05) is 62.9 Å². The van der Waals surface area contributed by atoms with Crippen molar-refractivity contribution in [2.24, 2.45) is 12.8 Å². The predicted octanol–water partition coefficient (Wildman–Crippen LogP) is 1.38. The molecule has 0 saturated carbocycles. The van der Waals surface area contributed by atoms with E-state index < -0.39 is 0 Å². The van der Waals surface area contributed by atoms with Crippen molar-refractivity contribution in [1.29, 1.82) is 0 Å². The van der Waals surface area contributed by atoms with Crippen LogP contribution in [0.5, 0.6) is 0 Å². The smallest absolute Gasteiger partial charge is 0.0480 e. The summed E-state index contributed by atoms with van der Waals surface area (Å²) in [7, 11) is 4.36. The molecular weight excluding hydrogens is 248 g/mol. The van der Waals surface area contributed by atoms with Gasteiger partial charge >= 0.3 is 0 Å². The van der Waals surface area contributed by atoms with E-state index in [1.54, 1.807) is 0 Å². The number of aryl methyl sites for hydroxylation is 1. The van der Waals surface area contributed by atoms with Crippen molar-refractivity contribution < 1.29 is 0 Å². The van der Waals surface area contributed by atoms with E-state index in [4.69, 9.17) is 5.73 Å². The topological polar surface area (TPSA) is 37.4 Å². The summed E-state index contributed by atoms with van der Waals surface area (Å²) in [6, 6.07) is 8.84. The summed E-state index contributed by atoms with van der Waals surface area (Å²) in [5.41, 5.74) is 9.62. The SMILES string of the molecule is CN1CCN(Cc2cc3cc(CN)ccc3n2C)CC1. The quantitative estimate of drug-likeness (QED) is 0.917. The number of fused-ring (bicyclic) bond motifs is 1. The molecule has 1 aromatic heterocycles. The van der Waals surface area contributed by atoms with Crippen LogP contribution in [0.15, 0.2) is 24.3 Å². The van der Waals surface area contributed by atoms with Gasteiger partial charge < -0.3 is 15.2 Å². The molecule has 0 bridgehead atoms. The summed E-state index contributed by atoms with van der Waals surface area (Å²) in [5.74, 6) is 0. The van der Waals surface area contributed by atoms with E-state index in [0.29, 0.717) is 6.54 Å². The highest BCUT2D eigenvalue weighted by Crippen LogP contribution is 2.21. The molecule has 0 amide bonds. The summed E-state index contributed by atoms with van der Waals surface area (Å²) in [5, 5.41) is 1.31. The van der Waals surface area contributed by atoms with Crippen LogP contribution in [0.1, 0.15) is 11.3 Å². The molecule has 108 valence electrons. The van der Waals surface area contributed by atoms with Crippen molar-refractivity contribution in [1.82, 2.24) is 14.4 Å². The van der Waals surface area contributed by atoms with Crippen LogP contribution in [0.2, 0.25) is 0 Å². The Balaban J connectivity index is 1.82. The molecule has 0 spiro atoms. The third kappa shape index (κ3) is 2.59. The lowest BCUT2D eigenvalue weighted by molar-refractivity contribution is 0.146. The third-order valence-corrected chi connectivity index (χ3v) is 4.42. The van der Waals surface area contributed by atoms with E-state index in [0.717, 1.165) is 19.6 Å². The molecule has 1 aliphatic rings. The maximum atomic E-state index is 5.73. The molecule has 0 radical (unpaired) electrons. The maximum absolute atomic E-state index is 5.73. The van der Waals surface area contributed by atoms with Gasteiger partial charge in [-0.25, -0.2) is 0 Å². The third-order valence-electron chi connectivity index (χ3n) is 4.42. The average Bonchev–Trinajstić information content (AvgIpc) is 2.77. The van der Waals surface area contributed by atoms with E-state index in [9.17, 15) is 0 Å². The molecule has 20 heavy (non-hydrogen) atoms. The highest BCUT2D eigenvalue weighted by Gasteiger charge is 2.16. The van der Waals surface area contributed by atoms with E-state index in [-0.39, 0.29) is 0 Å². The zero-order valence-electron chi connectivity index (χ0n) is 12.5. The number of benzene rings is 1. The normalized spacial score (nSPS) is 17.9. The minimum absolute atomic E-state index is 0.610. The summed E-state index contributed by atoms with van der Waals surface area (Å²) in [4.78, 5) is 4.93. The van der Waals surface area contributed by atoms with Crippen LogP contribution >= 0.6 is 0 Å². The van der Waals surface area contributed by atoms with Gasteiger partial charge in [0.2, 0.25) is 0 Å². The van der Waals surface area contributed by atoms with Crippen LogP contribution in [-0.4, -0.2) is 47.6 Å². The molecule has 4 heteroatoms. The minimum atomic E-state index is 0.610. The van der Waals surface area contributed by atoms with Crippen LogP contribution < -0.4 is 5.73 Å². The van der Waals surface area contributed by atoms with Crippen molar-refractivity contribution in [3.8, 4) is 0 Å². The number of rotatable bonds is 3. The fourth-order valence-corrected chi connectivity index (χ4v) is 2.97. The highest BCUT2D eigenvalue weighted by molar-refractivity contribution is 5.82. The Hall–Kier alpha value is -1.36. The van der Waals surface area contributed by atoms with E-state index in [2.05, 4.69) is 52.7 Å². The number of piperazine rings is 1. The first-order valence-electron chi connectivity index (χ1n) is 7.35. The number of hydrogen-bond acceptors (Lipinski definition) is 3. The maximum Gasteiger partial charge on any atom is 0.0480 e. The second-order valence-corrected chi connectivity index (χ2v) is 5.87. The van der Waals surface area contributed by atoms with Crippen molar-refractivity contribution in [3.05, 3.63) is 35.5 Å². The Kier molecular flexibility index (Phi) is 3.78. The molecule has 3 rings (SSSR count). The first-order valence-corrected chi connectivity index (χ1v) is 7.35. The van der Waals surface area contributed by atoms with E-state index in [1.807, 2.05) is 0 Å². The van der Waals surface area contributed by atoms with Gasteiger partial charge in [0.05, 0.1) is 0 Å². The van der Waals surface area contributed by atoms with Gasteiger partial charge in [-0.1, -0.05) is 6.07 Å². The molecule has 0 unspecified atom stereocenters. The van der Waals surface area contributed by atoms with Crippen molar-refractivity contribution in [2.75, 3.05) is 33.2 Å². The first kappa shape index (κ1) is 13.6. The Morgan fingerprint density at radius 3 is 2.50 bits per heavy atom. The standard InChI is InChI=1S/C16H24N4/c1-18-5-7-20(8-6-18)12-15-10-14-9-13(11-17)3-4-16(14)19(15)2/h3-4,9-10H,5-8,11-12,17H2,1-2H3. The summed E-state index contributed by atoms with van der Waals surface area (Å²) >= 11 is 0. The van der Waals surface area contributed by atoms with Gasteiger partial charge in [-0.05, 0) is 30.8 Å². The fourth-order valence-electron chi connectivity index (χ4n) is 2.97. The minimum Gasteiger partial charge on any atom is -0.346 e. The predicted molar refractivity (Wildman–Crippen MR) is 83.6 cm³/mol. The van der Waals surface area contributed by atoms with Gasteiger partial charge in [-0.3, -0.25) is 4.90 Å². The van der Waals surface area contributed by atoms with Crippen molar-refractivity contribution in [3.63, 3.8) is 0 Å². The van der Waals surface area contributed by atoms with E-state index >= 15 is 0 Å². The molecule has 1 aromatic carbocycles. The lowest BCUT2D eigenvalue weighted by Crippen LogP contribution is -2.44. The van der Waals surface area contributed by atoms with Crippen LogP contribution in [0.25, 0.3) is 10.9 Å². The molecule has 0 atom stereocenters. The lowest BCUT2D eigenvalue weighted by Gasteiger charge is -2.32. The molecule has 2 N–H and O–H groups in total. The number of aromatic nitrogens is 1. The van der Waals surface area contributed by atoms with E-state index in [1.165, 1.54) is 35.2 Å².